The second-order valence-corrected chi connectivity index (χ2v) is 3.83. The predicted octanol–water partition coefficient (Wildman–Crippen LogP) is 0.590. The van der Waals surface area contributed by atoms with Crippen LogP contribution in [0.3, 0.4) is 0 Å². The molecule has 0 bridgehead atoms. The zero-order chi connectivity index (χ0) is 14.3. The fourth-order valence-electron chi connectivity index (χ4n) is 1.58. The van der Waals surface area contributed by atoms with Gasteiger partial charge in [0.25, 0.3) is 5.91 Å². The Balaban J connectivity index is 2.63. The minimum absolute atomic E-state index is 0.114. The Morgan fingerprint density at radius 2 is 1.84 bits per heavy atom. The highest BCUT2D eigenvalue weighted by Crippen LogP contribution is 2.15. The lowest BCUT2D eigenvalue weighted by Gasteiger charge is -2.17. The van der Waals surface area contributed by atoms with Crippen molar-refractivity contribution in [3.8, 4) is 0 Å². The molecular formula is C13H17NO5. The second-order valence-electron chi connectivity index (χ2n) is 3.83. The van der Waals surface area contributed by atoms with Gasteiger partial charge in [-0.3, -0.25) is 4.79 Å². The van der Waals surface area contributed by atoms with E-state index in [0.717, 1.165) is 0 Å². The molecule has 2 atom stereocenters. The highest BCUT2D eigenvalue weighted by atomic mass is 16.5. The van der Waals surface area contributed by atoms with Gasteiger partial charge in [0.15, 0.2) is 12.2 Å². The van der Waals surface area contributed by atoms with Crippen LogP contribution in [0.4, 0.5) is 0 Å². The Kier molecular flexibility index (Phi) is 5.98. The molecule has 0 aliphatic carbocycles. The summed E-state index contributed by atoms with van der Waals surface area (Å²) in [6.07, 6.45) is -1.84. The summed E-state index contributed by atoms with van der Waals surface area (Å²) in [6, 6.07) is 8.95. The minimum Gasteiger partial charge on any atom is -0.479 e. The van der Waals surface area contributed by atoms with Gasteiger partial charge in [0.05, 0.1) is 6.54 Å². The summed E-state index contributed by atoms with van der Waals surface area (Å²) >= 11 is 0. The normalized spacial score (nSPS) is 13.6. The summed E-state index contributed by atoms with van der Waals surface area (Å²) in [5.41, 5.74) is 0.701. The van der Waals surface area contributed by atoms with Gasteiger partial charge in [-0.25, -0.2) is 4.79 Å². The van der Waals surface area contributed by atoms with Crippen LogP contribution in [0.25, 0.3) is 0 Å². The van der Waals surface area contributed by atoms with Gasteiger partial charge >= 0.3 is 5.97 Å². The van der Waals surface area contributed by atoms with E-state index in [0.29, 0.717) is 5.56 Å². The zero-order valence-corrected chi connectivity index (χ0v) is 10.8. The van der Waals surface area contributed by atoms with E-state index in [1.165, 1.54) is 14.2 Å². The number of amides is 1. The van der Waals surface area contributed by atoms with E-state index in [2.05, 4.69) is 5.32 Å². The van der Waals surface area contributed by atoms with Crippen molar-refractivity contribution in [3.05, 3.63) is 35.9 Å². The molecule has 104 valence electrons. The van der Waals surface area contributed by atoms with Gasteiger partial charge in [-0.1, -0.05) is 30.3 Å². The minimum atomic E-state index is -1.13. The summed E-state index contributed by atoms with van der Waals surface area (Å²) in [5, 5.41) is 11.3. The first-order valence-corrected chi connectivity index (χ1v) is 5.71. The Hall–Kier alpha value is -1.92. The van der Waals surface area contributed by atoms with Crippen LogP contribution in [-0.2, 0) is 19.1 Å². The molecule has 0 aromatic heterocycles. The summed E-state index contributed by atoms with van der Waals surface area (Å²) in [6.45, 7) is -0.114. The molecule has 1 aromatic rings. The monoisotopic (exact) mass is 267 g/mol. The maximum atomic E-state index is 11.9. The highest BCUT2D eigenvalue weighted by Gasteiger charge is 2.22. The number of hydrogen-bond acceptors (Lipinski definition) is 4. The first-order chi connectivity index (χ1) is 9.10. The molecule has 1 amide bonds. The molecular weight excluding hydrogens is 250 g/mol. The average Bonchev–Trinajstić information content (AvgIpc) is 2.41. The predicted molar refractivity (Wildman–Crippen MR) is 67.6 cm³/mol. The summed E-state index contributed by atoms with van der Waals surface area (Å²) in [4.78, 5) is 22.7. The van der Waals surface area contributed by atoms with Gasteiger partial charge in [0.2, 0.25) is 0 Å². The number of carboxylic acids is 1. The number of hydrogen-bond donors (Lipinski definition) is 2. The Morgan fingerprint density at radius 3 is 2.32 bits per heavy atom. The van der Waals surface area contributed by atoms with E-state index in [4.69, 9.17) is 14.6 Å². The third-order valence-corrected chi connectivity index (χ3v) is 2.60. The van der Waals surface area contributed by atoms with Crippen LogP contribution in [0.2, 0.25) is 0 Å². The fourth-order valence-corrected chi connectivity index (χ4v) is 1.58. The lowest BCUT2D eigenvalue weighted by Crippen LogP contribution is -2.40. The topological polar surface area (TPSA) is 84.9 Å². The Labute approximate surface area is 111 Å². The number of methoxy groups -OCH3 is 2. The van der Waals surface area contributed by atoms with Crippen molar-refractivity contribution in [2.24, 2.45) is 0 Å². The number of benzene rings is 1. The van der Waals surface area contributed by atoms with Crippen molar-refractivity contribution < 1.29 is 24.2 Å². The van der Waals surface area contributed by atoms with E-state index < -0.39 is 24.1 Å². The quantitative estimate of drug-likeness (QED) is 0.755. The van der Waals surface area contributed by atoms with Crippen molar-refractivity contribution in [2.75, 3.05) is 20.8 Å². The Bertz CT molecular complexity index is 420. The maximum Gasteiger partial charge on any atom is 0.334 e. The lowest BCUT2D eigenvalue weighted by molar-refractivity contribution is -0.148. The molecule has 0 saturated carbocycles. The fraction of sp³-hybridized carbons (Fsp3) is 0.385. The van der Waals surface area contributed by atoms with Crippen LogP contribution in [-0.4, -0.2) is 43.9 Å². The van der Waals surface area contributed by atoms with E-state index in [-0.39, 0.29) is 6.54 Å². The molecule has 0 aliphatic heterocycles. The molecule has 1 rings (SSSR count). The standard InChI is InChI=1S/C13H17NO5/c1-18-10(13(16)17)8-14-12(15)11(19-2)9-6-4-3-5-7-9/h3-7,10-11H,8H2,1-2H3,(H,14,15)(H,16,17). The first-order valence-electron chi connectivity index (χ1n) is 5.71. The SMILES string of the molecule is COC(CNC(=O)C(OC)c1ccccc1)C(=O)O. The number of carboxylic acid groups (broad SMARTS) is 1. The molecule has 19 heavy (non-hydrogen) atoms. The van der Waals surface area contributed by atoms with Gasteiger partial charge in [0.1, 0.15) is 0 Å². The van der Waals surface area contributed by atoms with E-state index in [1.807, 2.05) is 6.07 Å². The van der Waals surface area contributed by atoms with E-state index in [1.54, 1.807) is 24.3 Å². The molecule has 2 unspecified atom stereocenters. The summed E-state index contributed by atoms with van der Waals surface area (Å²) in [7, 11) is 2.69. The molecule has 0 spiro atoms. The molecule has 2 N–H and O–H groups in total. The third kappa shape index (κ3) is 4.35. The van der Waals surface area contributed by atoms with Crippen molar-refractivity contribution in [1.82, 2.24) is 5.32 Å². The van der Waals surface area contributed by atoms with Gasteiger partial charge in [-0.15, -0.1) is 0 Å². The molecule has 0 fully saturated rings. The van der Waals surface area contributed by atoms with E-state index >= 15 is 0 Å². The van der Waals surface area contributed by atoms with Crippen LogP contribution < -0.4 is 5.32 Å². The highest BCUT2D eigenvalue weighted by molar-refractivity contribution is 5.83. The number of carbonyl (C=O) groups is 2. The summed E-state index contributed by atoms with van der Waals surface area (Å²) < 4.78 is 9.85. The van der Waals surface area contributed by atoms with Crippen molar-refractivity contribution in [1.29, 1.82) is 0 Å². The third-order valence-electron chi connectivity index (χ3n) is 2.60. The van der Waals surface area contributed by atoms with Gasteiger partial charge in [-0.2, -0.15) is 0 Å². The smallest absolute Gasteiger partial charge is 0.334 e. The maximum absolute atomic E-state index is 11.9. The van der Waals surface area contributed by atoms with Gasteiger partial charge in [-0.05, 0) is 5.56 Å². The molecule has 1 aromatic carbocycles. The van der Waals surface area contributed by atoms with Crippen LogP contribution in [0.15, 0.2) is 30.3 Å². The van der Waals surface area contributed by atoms with Crippen LogP contribution in [0, 0.1) is 0 Å². The largest absolute Gasteiger partial charge is 0.479 e. The van der Waals surface area contributed by atoms with Gasteiger partial charge < -0.3 is 19.9 Å². The first kappa shape index (κ1) is 15.1. The number of aliphatic carboxylic acids is 1. The van der Waals surface area contributed by atoms with Crippen LogP contribution >= 0.6 is 0 Å². The molecule has 6 heteroatoms. The molecule has 0 aliphatic rings. The second kappa shape index (κ2) is 7.50. The van der Waals surface area contributed by atoms with Gasteiger partial charge in [0, 0.05) is 14.2 Å². The zero-order valence-electron chi connectivity index (χ0n) is 10.8. The number of ether oxygens (including phenoxy) is 2. The number of rotatable bonds is 7. The van der Waals surface area contributed by atoms with E-state index in [9.17, 15) is 9.59 Å². The molecule has 0 radical (unpaired) electrons. The lowest BCUT2D eigenvalue weighted by atomic mass is 10.1. The molecule has 6 nitrogen and oxygen atoms in total. The van der Waals surface area contributed by atoms with Crippen molar-refractivity contribution >= 4 is 11.9 Å². The van der Waals surface area contributed by atoms with Crippen molar-refractivity contribution in [3.63, 3.8) is 0 Å². The van der Waals surface area contributed by atoms with Crippen LogP contribution in [0.5, 0.6) is 0 Å². The average molecular weight is 267 g/mol. The van der Waals surface area contributed by atoms with Crippen LogP contribution in [0.1, 0.15) is 11.7 Å². The molecule has 0 saturated heterocycles. The summed E-state index contributed by atoms with van der Waals surface area (Å²) in [5.74, 6) is -1.53. The molecule has 0 heterocycles. The number of carbonyl (C=O) groups excluding carboxylic acids is 1. The van der Waals surface area contributed by atoms with Crippen molar-refractivity contribution in [2.45, 2.75) is 12.2 Å². The number of nitrogens with one attached hydrogen (secondary N) is 1. The Morgan fingerprint density at radius 1 is 1.21 bits per heavy atom.